The molecule has 12 heteroatoms. The molecule has 0 unspecified atom stereocenters. The summed E-state index contributed by atoms with van der Waals surface area (Å²) in [4.78, 5) is 41.3. The Balaban J connectivity index is -0.000000391. The van der Waals surface area contributed by atoms with Crippen LogP contribution in [-0.2, 0) is 0 Å². The van der Waals surface area contributed by atoms with Gasteiger partial charge >= 0.3 is 23.9 Å². The zero-order chi connectivity index (χ0) is 21.7. The van der Waals surface area contributed by atoms with E-state index >= 15 is 0 Å². The van der Waals surface area contributed by atoms with E-state index in [2.05, 4.69) is 0 Å². The van der Waals surface area contributed by atoms with Crippen molar-refractivity contribution in [3.05, 3.63) is 70.8 Å². The van der Waals surface area contributed by atoms with Gasteiger partial charge in [0.15, 0.2) is 0 Å². The lowest BCUT2D eigenvalue weighted by Crippen LogP contribution is -1.99. The Morgan fingerprint density at radius 3 is 0.667 bits per heavy atom. The number of carbonyl (C=O) groups is 4. The number of carboxylic acids is 4. The van der Waals surface area contributed by atoms with E-state index in [1.807, 2.05) is 0 Å². The Bertz CT molecular complexity index is 661. The summed E-state index contributed by atoms with van der Waals surface area (Å²) in [7, 11) is 0. The Morgan fingerprint density at radius 2 is 0.600 bits per heavy atom. The Kier molecular flexibility index (Phi) is 16.6. The first-order chi connectivity index (χ1) is 13.1. The molecule has 0 saturated heterocycles. The van der Waals surface area contributed by atoms with Gasteiger partial charge in [-0.25, -0.2) is 19.2 Å². The van der Waals surface area contributed by atoms with Crippen molar-refractivity contribution >= 4 is 23.9 Å². The van der Waals surface area contributed by atoms with Gasteiger partial charge in [0, 0.05) is 0 Å². The van der Waals surface area contributed by atoms with E-state index in [1.165, 1.54) is 48.5 Å². The summed E-state index contributed by atoms with van der Waals surface area (Å²) in [6, 6.07) is 10.0. The minimum Gasteiger partial charge on any atom is -0.478 e. The van der Waals surface area contributed by atoms with Crippen LogP contribution in [0.1, 0.15) is 41.4 Å². The molecule has 30 heavy (non-hydrogen) atoms. The van der Waals surface area contributed by atoms with E-state index in [9.17, 15) is 19.2 Å². The molecule has 0 atom stereocenters. The second-order valence-corrected chi connectivity index (χ2v) is 4.82. The largest absolute Gasteiger partial charge is 0.478 e. The Hall–Kier alpha value is -3.84. The van der Waals surface area contributed by atoms with Crippen molar-refractivity contribution in [2.24, 2.45) is 0 Å². The third-order valence-electron chi connectivity index (χ3n) is 2.86. The summed E-state index contributed by atoms with van der Waals surface area (Å²) in [5.41, 5.74) is 0.333. The predicted molar refractivity (Wildman–Crippen MR) is 102 cm³/mol. The van der Waals surface area contributed by atoms with Gasteiger partial charge in [-0.3, -0.25) is 0 Å². The highest BCUT2D eigenvalue weighted by atomic mass is 16.4. The molecule has 0 heterocycles. The number of hydrogen-bond donors (Lipinski definition) is 6. The van der Waals surface area contributed by atoms with Gasteiger partial charge in [-0.2, -0.15) is 0 Å². The molecule has 0 saturated carbocycles. The van der Waals surface area contributed by atoms with Gasteiger partial charge in [0.05, 0.1) is 35.5 Å². The third kappa shape index (κ3) is 11.8. The van der Waals surface area contributed by atoms with Crippen LogP contribution in [0.5, 0.6) is 0 Å². The smallest absolute Gasteiger partial charge is 0.335 e. The highest BCUT2D eigenvalue weighted by Crippen LogP contribution is 2.04. The van der Waals surface area contributed by atoms with Gasteiger partial charge in [0.1, 0.15) is 0 Å². The van der Waals surface area contributed by atoms with Crippen LogP contribution in [0.25, 0.3) is 0 Å². The first kappa shape index (κ1) is 30.9. The van der Waals surface area contributed by atoms with E-state index in [-0.39, 0.29) is 46.4 Å². The van der Waals surface area contributed by atoms with Crippen LogP contribution in [0, 0.1) is 0 Å². The monoisotopic (exact) mass is 430 g/mol. The van der Waals surface area contributed by atoms with Gasteiger partial charge in [-0.15, -0.1) is 0 Å². The van der Waals surface area contributed by atoms with E-state index in [4.69, 9.17) is 30.6 Å². The van der Waals surface area contributed by atoms with Crippen molar-refractivity contribution in [1.29, 1.82) is 0 Å². The molecule has 2 aromatic rings. The van der Waals surface area contributed by atoms with Crippen molar-refractivity contribution in [2.75, 3.05) is 13.2 Å². The van der Waals surface area contributed by atoms with Crippen LogP contribution in [0.3, 0.4) is 0 Å². The summed E-state index contributed by atoms with van der Waals surface area (Å²) < 4.78 is 0. The molecule has 0 spiro atoms. The first-order valence-corrected chi connectivity index (χ1v) is 7.49. The molecule has 10 N–H and O–H groups in total. The molecule has 0 radical (unpaired) electrons. The van der Waals surface area contributed by atoms with E-state index < -0.39 is 23.9 Å². The van der Waals surface area contributed by atoms with Crippen molar-refractivity contribution in [3.8, 4) is 0 Å². The molecule has 0 aromatic heterocycles. The van der Waals surface area contributed by atoms with E-state index in [0.717, 1.165) is 0 Å². The highest BCUT2D eigenvalue weighted by Gasteiger charge is 2.05. The minimum absolute atomic E-state index is 0. The number of rotatable bonds is 5. The van der Waals surface area contributed by atoms with Crippen LogP contribution in [-0.4, -0.2) is 78.7 Å². The molecule has 2 rings (SSSR count). The standard InChI is InChI=1S/2C8H6O4.C2H6O2.2H2O/c2*9-7(10)5-1-2-6(4-3-5)8(11)12;3-1-2-4;;/h2*1-4H,(H,9,10)(H,11,12);3-4H,1-2H2;2*1H2. The van der Waals surface area contributed by atoms with Crippen LogP contribution in [0.4, 0.5) is 0 Å². The maximum absolute atomic E-state index is 10.3. The maximum atomic E-state index is 10.3. The number of benzene rings is 2. The lowest BCUT2D eigenvalue weighted by molar-refractivity contribution is 0.0681. The fourth-order valence-corrected chi connectivity index (χ4v) is 1.51. The SMILES string of the molecule is O.O.O=C(O)c1ccc(C(=O)O)cc1.O=C(O)c1ccc(C(=O)O)cc1.OCCO. The van der Waals surface area contributed by atoms with Gasteiger partial charge in [0.2, 0.25) is 0 Å². The Labute approximate surface area is 169 Å². The normalized spacial score (nSPS) is 8.47. The topological polar surface area (TPSA) is 253 Å². The quantitative estimate of drug-likeness (QED) is 0.354. The summed E-state index contributed by atoms with van der Waals surface area (Å²) in [6.45, 7) is -0.250. The highest BCUT2D eigenvalue weighted by molar-refractivity contribution is 5.92. The second kappa shape index (κ2) is 16.1. The molecule has 166 valence electrons. The molecule has 12 nitrogen and oxygen atoms in total. The fourth-order valence-electron chi connectivity index (χ4n) is 1.51. The van der Waals surface area contributed by atoms with Crippen molar-refractivity contribution in [2.45, 2.75) is 0 Å². The molecule has 2 aromatic carbocycles. The number of aliphatic hydroxyl groups is 2. The lowest BCUT2D eigenvalue weighted by atomic mass is 10.1. The first-order valence-electron chi connectivity index (χ1n) is 7.49. The third-order valence-corrected chi connectivity index (χ3v) is 2.86. The average molecular weight is 430 g/mol. The number of aliphatic hydroxyl groups excluding tert-OH is 2. The molecular formula is C18H22O12. The molecule has 0 aliphatic carbocycles. The van der Waals surface area contributed by atoms with Crippen LogP contribution < -0.4 is 0 Å². The molecule has 0 amide bonds. The van der Waals surface area contributed by atoms with Crippen LogP contribution in [0.2, 0.25) is 0 Å². The number of carboxylic acid groups (broad SMARTS) is 4. The fraction of sp³-hybridized carbons (Fsp3) is 0.111. The average Bonchev–Trinajstić information content (AvgIpc) is 2.68. The molecule has 0 aliphatic rings. The Morgan fingerprint density at radius 1 is 0.467 bits per heavy atom. The van der Waals surface area contributed by atoms with Gasteiger partial charge < -0.3 is 41.6 Å². The zero-order valence-corrected chi connectivity index (χ0v) is 15.3. The predicted octanol–water partition coefficient (Wildman–Crippen LogP) is -0.512. The van der Waals surface area contributed by atoms with Gasteiger partial charge in [0.25, 0.3) is 0 Å². The van der Waals surface area contributed by atoms with E-state index in [1.54, 1.807) is 0 Å². The molecule has 0 fully saturated rings. The molecule has 0 aliphatic heterocycles. The summed E-state index contributed by atoms with van der Waals surface area (Å²) >= 11 is 0. The molecule has 0 bridgehead atoms. The minimum atomic E-state index is -1.06. The lowest BCUT2D eigenvalue weighted by Gasteiger charge is -1.94. The zero-order valence-electron chi connectivity index (χ0n) is 15.3. The van der Waals surface area contributed by atoms with Crippen molar-refractivity contribution in [3.63, 3.8) is 0 Å². The van der Waals surface area contributed by atoms with Crippen molar-refractivity contribution in [1.82, 2.24) is 0 Å². The molecular weight excluding hydrogens is 408 g/mol. The summed E-state index contributed by atoms with van der Waals surface area (Å²) in [5.74, 6) is -4.25. The van der Waals surface area contributed by atoms with Crippen LogP contribution in [0.15, 0.2) is 48.5 Å². The number of aromatic carboxylic acids is 4. The maximum Gasteiger partial charge on any atom is 0.335 e. The summed E-state index contributed by atoms with van der Waals surface area (Å²) in [5, 5.41) is 49.1. The van der Waals surface area contributed by atoms with Gasteiger partial charge in [-0.1, -0.05) is 0 Å². The number of hydrogen-bond acceptors (Lipinski definition) is 6. The van der Waals surface area contributed by atoms with Gasteiger partial charge in [-0.05, 0) is 48.5 Å². The van der Waals surface area contributed by atoms with Crippen LogP contribution >= 0.6 is 0 Å². The summed E-state index contributed by atoms with van der Waals surface area (Å²) in [6.07, 6.45) is 0. The van der Waals surface area contributed by atoms with Crippen molar-refractivity contribution < 1.29 is 60.8 Å². The second-order valence-electron chi connectivity index (χ2n) is 4.82. The van der Waals surface area contributed by atoms with E-state index in [0.29, 0.717) is 0 Å².